The minimum atomic E-state index is -0.483. The van der Waals surface area contributed by atoms with Gasteiger partial charge in [-0.1, -0.05) is 30.3 Å². The van der Waals surface area contributed by atoms with Crippen molar-refractivity contribution in [1.82, 2.24) is 0 Å². The molecule has 0 aromatic heterocycles. The van der Waals surface area contributed by atoms with Gasteiger partial charge in [0.1, 0.15) is 0 Å². The largest absolute Gasteiger partial charge is 0.494 e. The fourth-order valence-corrected chi connectivity index (χ4v) is 1.46. The van der Waals surface area contributed by atoms with Crippen molar-refractivity contribution in [2.24, 2.45) is 0 Å². The van der Waals surface area contributed by atoms with Crippen LogP contribution in [0.1, 0.15) is 6.92 Å². The lowest BCUT2D eigenvalue weighted by Crippen LogP contribution is -2.34. The molecule has 1 aliphatic heterocycles. The normalized spacial score (nSPS) is 23.9. The van der Waals surface area contributed by atoms with Crippen molar-refractivity contribution >= 4 is 12.6 Å². The molecule has 1 fully saturated rings. The first-order chi connectivity index (χ1) is 6.77. The molecule has 74 valence electrons. The Bertz CT molecular complexity index is 289. The van der Waals surface area contributed by atoms with Gasteiger partial charge in [-0.15, -0.1) is 0 Å². The molecule has 1 aromatic carbocycles. The molecule has 1 aromatic rings. The van der Waals surface area contributed by atoms with E-state index in [4.69, 9.17) is 9.31 Å². The monoisotopic (exact) mass is 192 g/mol. The lowest BCUT2D eigenvalue weighted by Gasteiger charge is -2.11. The van der Waals surface area contributed by atoms with Crippen molar-refractivity contribution in [3.05, 3.63) is 30.3 Å². The Hall–Kier alpha value is -0.835. The first kappa shape index (κ1) is 9.71. The zero-order chi connectivity index (χ0) is 9.97. The highest BCUT2D eigenvalue weighted by atomic mass is 16.6. The average Bonchev–Trinajstić information content (AvgIpc) is 2.68. The molecule has 1 N–H and O–H groups in total. The molecule has 0 saturated carbocycles. The van der Waals surface area contributed by atoms with Crippen LogP contribution >= 0.6 is 0 Å². The van der Waals surface area contributed by atoms with E-state index in [1.807, 2.05) is 30.3 Å². The van der Waals surface area contributed by atoms with Gasteiger partial charge < -0.3 is 14.4 Å². The lowest BCUT2D eigenvalue weighted by atomic mass is 9.79. The summed E-state index contributed by atoms with van der Waals surface area (Å²) in [6.07, 6.45) is -0.691. The zero-order valence-corrected chi connectivity index (χ0v) is 8.09. The second-order valence-electron chi connectivity index (χ2n) is 3.49. The molecule has 0 bridgehead atoms. The Balaban J connectivity index is 2.03. The first-order valence-electron chi connectivity index (χ1n) is 4.77. The number of hydrogen-bond donors (Lipinski definition) is 1. The second-order valence-corrected chi connectivity index (χ2v) is 3.49. The number of benzene rings is 1. The van der Waals surface area contributed by atoms with Crippen molar-refractivity contribution in [2.75, 3.05) is 6.61 Å². The molecule has 2 atom stereocenters. The predicted octanol–water partition coefficient (Wildman–Crippen LogP) is 0.178. The highest BCUT2D eigenvalue weighted by molar-refractivity contribution is 6.61. The fraction of sp³-hybridized carbons (Fsp3) is 0.400. The Kier molecular flexibility index (Phi) is 2.86. The summed E-state index contributed by atoms with van der Waals surface area (Å²) >= 11 is 0. The summed E-state index contributed by atoms with van der Waals surface area (Å²) in [5.74, 6) is 0. The van der Waals surface area contributed by atoms with E-state index in [1.165, 1.54) is 0 Å². The van der Waals surface area contributed by atoms with Gasteiger partial charge in [0.2, 0.25) is 0 Å². The summed E-state index contributed by atoms with van der Waals surface area (Å²) in [5.41, 5.74) is 0.996. The first-order valence-corrected chi connectivity index (χ1v) is 4.77. The van der Waals surface area contributed by atoms with Crippen LogP contribution in [0, 0.1) is 0 Å². The standard InChI is InChI=1S/C10H13BO3/c1-8(12)10-7-13-11(14-10)9-5-3-2-4-6-9/h2-6,8,10,12H,7H2,1H3. The van der Waals surface area contributed by atoms with E-state index in [1.54, 1.807) is 6.92 Å². The SMILES string of the molecule is CC(O)C1COB(c2ccccc2)O1. The molecule has 1 saturated heterocycles. The summed E-state index contributed by atoms with van der Waals surface area (Å²) in [5, 5.41) is 9.31. The van der Waals surface area contributed by atoms with E-state index in [9.17, 15) is 5.11 Å². The van der Waals surface area contributed by atoms with Crippen LogP contribution in [0.15, 0.2) is 30.3 Å². The average molecular weight is 192 g/mol. The third-order valence-electron chi connectivity index (χ3n) is 2.32. The molecule has 0 spiro atoms. The fourth-order valence-electron chi connectivity index (χ4n) is 1.46. The molecule has 1 heterocycles. The molecule has 3 nitrogen and oxygen atoms in total. The van der Waals surface area contributed by atoms with Gasteiger partial charge in [0.05, 0.1) is 18.8 Å². The number of aliphatic hydroxyl groups is 1. The van der Waals surface area contributed by atoms with E-state index in [-0.39, 0.29) is 13.2 Å². The van der Waals surface area contributed by atoms with Gasteiger partial charge in [0, 0.05) is 0 Å². The molecule has 2 rings (SSSR count). The second kappa shape index (κ2) is 4.13. The van der Waals surface area contributed by atoms with Gasteiger partial charge in [0.25, 0.3) is 0 Å². The minimum absolute atomic E-state index is 0.208. The van der Waals surface area contributed by atoms with Crippen LogP contribution < -0.4 is 5.46 Å². The van der Waals surface area contributed by atoms with E-state index in [2.05, 4.69) is 0 Å². The Labute approximate surface area is 83.8 Å². The molecule has 0 radical (unpaired) electrons. The van der Waals surface area contributed by atoms with Crippen molar-refractivity contribution in [3.63, 3.8) is 0 Å². The minimum Gasteiger partial charge on any atom is -0.405 e. The highest BCUT2D eigenvalue weighted by Crippen LogP contribution is 2.11. The van der Waals surface area contributed by atoms with Gasteiger partial charge in [-0.3, -0.25) is 0 Å². The van der Waals surface area contributed by atoms with Gasteiger partial charge in [-0.25, -0.2) is 0 Å². The van der Waals surface area contributed by atoms with Crippen molar-refractivity contribution in [2.45, 2.75) is 19.1 Å². The van der Waals surface area contributed by atoms with Crippen LogP contribution in [0.25, 0.3) is 0 Å². The van der Waals surface area contributed by atoms with Crippen LogP contribution in [0.5, 0.6) is 0 Å². The maximum atomic E-state index is 9.31. The summed E-state index contributed by atoms with van der Waals surface area (Å²) in [4.78, 5) is 0. The third-order valence-corrected chi connectivity index (χ3v) is 2.32. The van der Waals surface area contributed by atoms with E-state index in [0.717, 1.165) is 5.46 Å². The van der Waals surface area contributed by atoms with Gasteiger partial charge in [-0.2, -0.15) is 0 Å². The molecule has 2 unspecified atom stereocenters. The molecule has 1 aliphatic rings. The highest BCUT2D eigenvalue weighted by Gasteiger charge is 2.34. The van der Waals surface area contributed by atoms with E-state index >= 15 is 0 Å². The van der Waals surface area contributed by atoms with Gasteiger partial charge in [0.15, 0.2) is 0 Å². The van der Waals surface area contributed by atoms with Crippen LogP contribution in [-0.4, -0.2) is 31.0 Å². The van der Waals surface area contributed by atoms with Crippen LogP contribution in [0.4, 0.5) is 0 Å². The van der Waals surface area contributed by atoms with E-state index in [0.29, 0.717) is 6.61 Å². The van der Waals surface area contributed by atoms with E-state index < -0.39 is 6.10 Å². The van der Waals surface area contributed by atoms with Gasteiger partial charge in [-0.05, 0) is 12.4 Å². The molecular formula is C10H13BO3. The molecular weight excluding hydrogens is 179 g/mol. The van der Waals surface area contributed by atoms with Crippen molar-refractivity contribution in [3.8, 4) is 0 Å². The summed E-state index contributed by atoms with van der Waals surface area (Å²) < 4.78 is 11.0. The predicted molar refractivity (Wildman–Crippen MR) is 54.3 cm³/mol. The molecule has 0 amide bonds. The summed E-state index contributed by atoms with van der Waals surface area (Å²) in [6, 6.07) is 9.74. The summed E-state index contributed by atoms with van der Waals surface area (Å²) in [7, 11) is -0.323. The molecule has 14 heavy (non-hydrogen) atoms. The Morgan fingerprint density at radius 2 is 2.14 bits per heavy atom. The summed E-state index contributed by atoms with van der Waals surface area (Å²) in [6.45, 7) is 2.17. The number of hydrogen-bond acceptors (Lipinski definition) is 3. The quantitative estimate of drug-likeness (QED) is 0.679. The van der Waals surface area contributed by atoms with Crippen LogP contribution in [0.3, 0.4) is 0 Å². The topological polar surface area (TPSA) is 38.7 Å². The maximum absolute atomic E-state index is 9.31. The number of aliphatic hydroxyl groups excluding tert-OH is 1. The van der Waals surface area contributed by atoms with Crippen molar-refractivity contribution in [1.29, 1.82) is 0 Å². The Morgan fingerprint density at radius 3 is 2.71 bits per heavy atom. The molecule has 0 aliphatic carbocycles. The zero-order valence-electron chi connectivity index (χ0n) is 8.09. The maximum Gasteiger partial charge on any atom is 0.494 e. The lowest BCUT2D eigenvalue weighted by molar-refractivity contribution is 0.0618. The van der Waals surface area contributed by atoms with Crippen LogP contribution in [0.2, 0.25) is 0 Å². The number of rotatable bonds is 2. The van der Waals surface area contributed by atoms with Crippen LogP contribution in [-0.2, 0) is 9.31 Å². The Morgan fingerprint density at radius 1 is 1.43 bits per heavy atom. The molecule has 4 heteroatoms. The smallest absolute Gasteiger partial charge is 0.405 e. The third kappa shape index (κ3) is 1.98. The van der Waals surface area contributed by atoms with Crippen molar-refractivity contribution < 1.29 is 14.4 Å². The van der Waals surface area contributed by atoms with Gasteiger partial charge >= 0.3 is 7.12 Å².